The van der Waals surface area contributed by atoms with Gasteiger partial charge in [-0.25, -0.2) is 9.13 Å². The zero-order valence-electron chi connectivity index (χ0n) is 58.6. The highest BCUT2D eigenvalue weighted by Gasteiger charge is 2.30. The summed E-state index contributed by atoms with van der Waals surface area (Å²) in [5.41, 5.74) is 0. The Labute approximate surface area is 549 Å². The monoisotopic (exact) mass is 1320 g/mol. The molecule has 17 nitrogen and oxygen atoms in total. The van der Waals surface area contributed by atoms with Crippen LogP contribution in [-0.4, -0.2) is 96.7 Å². The van der Waals surface area contributed by atoms with E-state index in [4.69, 9.17) is 37.0 Å². The molecule has 0 aromatic carbocycles. The highest BCUT2D eigenvalue weighted by Crippen LogP contribution is 2.45. The minimum absolute atomic E-state index is 0.104. The Morgan fingerprint density at radius 3 is 0.844 bits per heavy atom. The van der Waals surface area contributed by atoms with Crippen LogP contribution in [0, 0.1) is 17.8 Å². The van der Waals surface area contributed by atoms with Crippen LogP contribution in [0.5, 0.6) is 0 Å². The molecule has 19 heteroatoms. The summed E-state index contributed by atoms with van der Waals surface area (Å²) in [6.45, 7) is 11.8. The molecule has 6 atom stereocenters. The van der Waals surface area contributed by atoms with Crippen molar-refractivity contribution in [2.75, 3.05) is 39.6 Å². The minimum Gasteiger partial charge on any atom is -0.462 e. The van der Waals surface area contributed by atoms with Crippen molar-refractivity contribution < 1.29 is 80.2 Å². The number of esters is 4. The first-order valence-electron chi connectivity index (χ1n) is 36.9. The van der Waals surface area contributed by atoms with Gasteiger partial charge in [-0.3, -0.25) is 37.3 Å². The molecule has 0 radical (unpaired) electrons. The van der Waals surface area contributed by atoms with Crippen LogP contribution in [0.1, 0.15) is 357 Å². The second-order valence-electron chi connectivity index (χ2n) is 26.8. The number of carbonyl (C=O) groups is 4. The Balaban J connectivity index is 5.20. The third-order valence-electron chi connectivity index (χ3n) is 16.7. The van der Waals surface area contributed by atoms with Crippen LogP contribution in [0.15, 0.2) is 0 Å². The largest absolute Gasteiger partial charge is 0.472 e. The lowest BCUT2D eigenvalue weighted by atomic mass is 9.99. The van der Waals surface area contributed by atoms with Gasteiger partial charge in [0.1, 0.15) is 19.3 Å². The van der Waals surface area contributed by atoms with Crippen molar-refractivity contribution in [3.05, 3.63) is 0 Å². The molecule has 0 bridgehead atoms. The Morgan fingerprint density at radius 1 is 0.322 bits per heavy atom. The van der Waals surface area contributed by atoms with Crippen molar-refractivity contribution in [2.24, 2.45) is 17.8 Å². The molecule has 0 fully saturated rings. The van der Waals surface area contributed by atoms with Gasteiger partial charge in [0.2, 0.25) is 0 Å². The second-order valence-corrected chi connectivity index (χ2v) is 29.7. The number of aliphatic hydroxyl groups is 1. The molecule has 90 heavy (non-hydrogen) atoms. The molecule has 3 unspecified atom stereocenters. The zero-order chi connectivity index (χ0) is 66.6. The minimum atomic E-state index is -4.95. The summed E-state index contributed by atoms with van der Waals surface area (Å²) in [5.74, 6) is 0.201. The standard InChI is InChI=1S/C71H138O17P2/c1-8-10-11-12-28-38-45-52-68(73)81-58-66(88-71(76)55-48-41-34-27-26-31-37-44-51-64(7)9-2)60-85-89(77,78)83-56-65(72)57-84-90(79,80)86-61-67(59-82-69(74)53-46-39-32-24-21-20-23-30-36-43-50-63(5)6)87-70(75)54-47-40-33-25-19-17-15-13-14-16-18-22-29-35-42-49-62(3)4/h62-67,72H,8-61H2,1-7H3,(H,77,78)(H,79,80)/t64?,65-,66+,67+/m0/s1. The molecule has 0 saturated carbocycles. The third kappa shape index (κ3) is 63.5. The summed E-state index contributed by atoms with van der Waals surface area (Å²) in [6.07, 6.45) is 45.9. The maximum absolute atomic E-state index is 13.0. The van der Waals surface area contributed by atoms with Gasteiger partial charge in [0, 0.05) is 25.7 Å². The number of rotatable bonds is 69. The number of unbranched alkanes of at least 4 members (excludes halogenated alkanes) is 36. The molecular formula is C71H138O17P2. The summed E-state index contributed by atoms with van der Waals surface area (Å²) in [6, 6.07) is 0. The van der Waals surface area contributed by atoms with E-state index < -0.39 is 97.5 Å². The first-order chi connectivity index (χ1) is 43.3. The third-order valence-corrected chi connectivity index (χ3v) is 18.6. The smallest absolute Gasteiger partial charge is 0.462 e. The molecule has 0 aromatic heterocycles. The highest BCUT2D eigenvalue weighted by molar-refractivity contribution is 7.47. The fraction of sp³-hybridized carbons (Fsp3) is 0.944. The van der Waals surface area contributed by atoms with Gasteiger partial charge in [-0.05, 0) is 43.4 Å². The molecule has 0 aliphatic rings. The van der Waals surface area contributed by atoms with Crippen molar-refractivity contribution in [3.8, 4) is 0 Å². The number of hydrogen-bond donors (Lipinski definition) is 3. The van der Waals surface area contributed by atoms with Gasteiger partial charge in [0.15, 0.2) is 12.2 Å². The van der Waals surface area contributed by atoms with Crippen molar-refractivity contribution in [3.63, 3.8) is 0 Å². The van der Waals surface area contributed by atoms with Crippen LogP contribution in [0.3, 0.4) is 0 Å². The van der Waals surface area contributed by atoms with E-state index in [-0.39, 0.29) is 25.7 Å². The highest BCUT2D eigenvalue weighted by atomic mass is 31.2. The van der Waals surface area contributed by atoms with E-state index >= 15 is 0 Å². The molecule has 0 spiro atoms. The lowest BCUT2D eigenvalue weighted by molar-refractivity contribution is -0.161. The van der Waals surface area contributed by atoms with Gasteiger partial charge in [-0.1, -0.05) is 305 Å². The Morgan fingerprint density at radius 2 is 0.567 bits per heavy atom. The fourth-order valence-corrected chi connectivity index (χ4v) is 12.3. The maximum Gasteiger partial charge on any atom is 0.472 e. The van der Waals surface area contributed by atoms with Crippen LogP contribution in [0.4, 0.5) is 0 Å². The first-order valence-corrected chi connectivity index (χ1v) is 39.9. The molecule has 534 valence electrons. The Hall–Kier alpha value is -1.94. The van der Waals surface area contributed by atoms with Crippen LogP contribution in [0.2, 0.25) is 0 Å². The van der Waals surface area contributed by atoms with E-state index in [1.165, 1.54) is 154 Å². The van der Waals surface area contributed by atoms with Gasteiger partial charge in [0.25, 0.3) is 0 Å². The molecule has 0 amide bonds. The van der Waals surface area contributed by atoms with Crippen molar-refractivity contribution >= 4 is 39.5 Å². The number of aliphatic hydroxyl groups excluding tert-OH is 1. The van der Waals surface area contributed by atoms with Crippen LogP contribution in [0.25, 0.3) is 0 Å². The van der Waals surface area contributed by atoms with Crippen LogP contribution in [-0.2, 0) is 65.4 Å². The molecule has 0 heterocycles. The fourth-order valence-electron chi connectivity index (χ4n) is 10.7. The average molecular weight is 1330 g/mol. The summed E-state index contributed by atoms with van der Waals surface area (Å²) in [4.78, 5) is 72.5. The normalized spacial score (nSPS) is 14.5. The molecule has 0 aromatic rings. The lowest BCUT2D eigenvalue weighted by Gasteiger charge is -2.21. The number of carbonyl (C=O) groups excluding carboxylic acids is 4. The molecule has 0 saturated heterocycles. The molecule has 3 N–H and O–H groups in total. The van der Waals surface area contributed by atoms with Crippen LogP contribution < -0.4 is 0 Å². The van der Waals surface area contributed by atoms with Crippen molar-refractivity contribution in [1.29, 1.82) is 0 Å². The molecule has 0 aliphatic heterocycles. The number of ether oxygens (including phenoxy) is 4. The van der Waals surface area contributed by atoms with Gasteiger partial charge in [-0.15, -0.1) is 0 Å². The van der Waals surface area contributed by atoms with Crippen molar-refractivity contribution in [1.82, 2.24) is 0 Å². The van der Waals surface area contributed by atoms with E-state index in [0.29, 0.717) is 25.7 Å². The number of phosphoric ester groups is 2. The van der Waals surface area contributed by atoms with E-state index in [0.717, 1.165) is 120 Å². The number of hydrogen-bond acceptors (Lipinski definition) is 15. The summed E-state index contributed by atoms with van der Waals surface area (Å²) in [5, 5.41) is 10.6. The van der Waals surface area contributed by atoms with E-state index in [1.807, 2.05) is 0 Å². The molecular weight excluding hydrogens is 1190 g/mol. The van der Waals surface area contributed by atoms with Crippen molar-refractivity contribution in [2.45, 2.75) is 375 Å². The molecule has 0 rings (SSSR count). The maximum atomic E-state index is 13.0. The topological polar surface area (TPSA) is 237 Å². The van der Waals surface area contributed by atoms with E-state index in [1.54, 1.807) is 0 Å². The SMILES string of the molecule is CCCCCCCCCC(=O)OC[C@H](COP(=O)(O)OC[C@H](O)COP(=O)(O)OC[C@@H](COC(=O)CCCCCCCCCCCCC(C)C)OC(=O)CCCCCCCCCCCCCCCCCC(C)C)OC(=O)CCCCCCCCCCC(C)CC. The summed E-state index contributed by atoms with van der Waals surface area (Å²) in [7, 11) is -9.90. The first kappa shape index (κ1) is 88.1. The second kappa shape index (κ2) is 61.9. The van der Waals surface area contributed by atoms with Gasteiger partial charge in [0.05, 0.1) is 26.4 Å². The van der Waals surface area contributed by atoms with E-state index in [9.17, 15) is 43.2 Å². The predicted molar refractivity (Wildman–Crippen MR) is 363 cm³/mol. The zero-order valence-corrected chi connectivity index (χ0v) is 60.4. The van der Waals surface area contributed by atoms with E-state index in [2.05, 4.69) is 48.5 Å². The lowest BCUT2D eigenvalue weighted by Crippen LogP contribution is -2.30. The number of phosphoric acid groups is 2. The summed E-state index contributed by atoms with van der Waals surface area (Å²) >= 11 is 0. The van der Waals surface area contributed by atoms with Gasteiger partial charge >= 0.3 is 39.5 Å². The van der Waals surface area contributed by atoms with Gasteiger partial charge in [-0.2, -0.15) is 0 Å². The Kier molecular flexibility index (Phi) is 60.6. The predicted octanol–water partition coefficient (Wildman–Crippen LogP) is 20.2. The van der Waals surface area contributed by atoms with Gasteiger partial charge < -0.3 is 33.8 Å². The summed E-state index contributed by atoms with van der Waals surface area (Å²) < 4.78 is 68.2. The average Bonchev–Trinajstić information content (AvgIpc) is 2.85. The Bertz CT molecular complexity index is 1770. The van der Waals surface area contributed by atoms with Crippen LogP contribution >= 0.6 is 15.6 Å². The quantitative estimate of drug-likeness (QED) is 0.0222. The molecule has 0 aliphatic carbocycles.